The van der Waals surface area contributed by atoms with E-state index in [-0.39, 0.29) is 11.8 Å². The summed E-state index contributed by atoms with van der Waals surface area (Å²) in [4.78, 5) is 28.0. The van der Waals surface area contributed by atoms with Crippen molar-refractivity contribution < 1.29 is 14.3 Å². The van der Waals surface area contributed by atoms with Gasteiger partial charge in [0.05, 0.1) is 17.9 Å². The van der Waals surface area contributed by atoms with E-state index in [2.05, 4.69) is 41.7 Å². The molecule has 0 spiro atoms. The van der Waals surface area contributed by atoms with Crippen molar-refractivity contribution in [2.24, 2.45) is 0 Å². The highest BCUT2D eigenvalue weighted by Crippen LogP contribution is 2.30. The number of nitrogens with one attached hydrogen (secondary N) is 1. The van der Waals surface area contributed by atoms with Gasteiger partial charge in [0.1, 0.15) is 5.75 Å². The summed E-state index contributed by atoms with van der Waals surface area (Å²) in [6, 6.07) is 22.1. The Hall–Kier alpha value is -3.25. The number of ether oxygens (including phenoxy) is 1. The zero-order valence-electron chi connectivity index (χ0n) is 19.1. The standard InChI is InChI=1S/C28H28N2O3S/c31-27(30-14-3-4-15-30)19-34-26-6-2-1-5-24(26)28(32)29-18-20-7-9-21(10-8-20)22-11-12-25-23(17-22)13-16-33-25/h1-2,5-12,17H,3-4,13-16,18-19H2,(H,29,32). The zero-order valence-corrected chi connectivity index (χ0v) is 19.9. The summed E-state index contributed by atoms with van der Waals surface area (Å²) in [6.07, 6.45) is 3.12. The molecule has 0 saturated carbocycles. The van der Waals surface area contributed by atoms with Crippen molar-refractivity contribution >= 4 is 23.6 Å². The number of benzene rings is 3. The topological polar surface area (TPSA) is 58.6 Å². The average Bonchev–Trinajstić information content (AvgIpc) is 3.58. The molecule has 3 aromatic carbocycles. The summed E-state index contributed by atoms with van der Waals surface area (Å²) in [7, 11) is 0. The molecule has 6 heteroatoms. The first-order chi connectivity index (χ1) is 16.7. The zero-order chi connectivity index (χ0) is 23.3. The van der Waals surface area contributed by atoms with Gasteiger partial charge < -0.3 is 15.0 Å². The lowest BCUT2D eigenvalue weighted by Gasteiger charge is -2.15. The van der Waals surface area contributed by atoms with Crippen molar-refractivity contribution in [3.8, 4) is 16.9 Å². The van der Waals surface area contributed by atoms with Crippen molar-refractivity contribution in [3.63, 3.8) is 0 Å². The third-order valence-corrected chi connectivity index (χ3v) is 7.43. The number of thioether (sulfide) groups is 1. The van der Waals surface area contributed by atoms with Crippen LogP contribution < -0.4 is 10.1 Å². The Morgan fingerprint density at radius 2 is 1.71 bits per heavy atom. The molecule has 5 rings (SSSR count). The first kappa shape index (κ1) is 22.5. The van der Waals surface area contributed by atoms with E-state index in [4.69, 9.17) is 4.74 Å². The molecule has 0 bridgehead atoms. The monoisotopic (exact) mass is 472 g/mol. The van der Waals surface area contributed by atoms with E-state index in [0.29, 0.717) is 17.9 Å². The number of carbonyl (C=O) groups excluding carboxylic acids is 2. The highest BCUT2D eigenvalue weighted by atomic mass is 32.2. The van der Waals surface area contributed by atoms with Gasteiger partial charge in [0.2, 0.25) is 5.91 Å². The van der Waals surface area contributed by atoms with Crippen LogP contribution in [0.4, 0.5) is 0 Å². The minimum atomic E-state index is -0.126. The highest BCUT2D eigenvalue weighted by Gasteiger charge is 2.19. The highest BCUT2D eigenvalue weighted by molar-refractivity contribution is 8.00. The molecule has 2 heterocycles. The Labute approximate surface area is 204 Å². The molecule has 3 aromatic rings. The normalized spacial score (nSPS) is 14.5. The van der Waals surface area contributed by atoms with Crippen molar-refractivity contribution in [2.75, 3.05) is 25.4 Å². The molecule has 1 N–H and O–H groups in total. The number of rotatable bonds is 7. The van der Waals surface area contributed by atoms with Gasteiger partial charge in [-0.15, -0.1) is 11.8 Å². The molecule has 1 saturated heterocycles. The maximum atomic E-state index is 12.9. The third-order valence-electron chi connectivity index (χ3n) is 6.37. The fraction of sp³-hybridized carbons (Fsp3) is 0.286. The molecule has 2 aliphatic rings. The second kappa shape index (κ2) is 10.3. The minimum absolute atomic E-state index is 0.126. The molecule has 0 aromatic heterocycles. The molecule has 174 valence electrons. The predicted octanol–water partition coefficient (Wildman–Crippen LogP) is 4.93. The van der Waals surface area contributed by atoms with Gasteiger partial charge in [-0.25, -0.2) is 0 Å². The van der Waals surface area contributed by atoms with Gasteiger partial charge in [-0.1, -0.05) is 42.5 Å². The number of carbonyl (C=O) groups is 2. The van der Waals surface area contributed by atoms with Crippen molar-refractivity contribution in [1.29, 1.82) is 0 Å². The Balaban J connectivity index is 1.19. The third kappa shape index (κ3) is 5.12. The fourth-order valence-electron chi connectivity index (χ4n) is 4.44. The summed E-state index contributed by atoms with van der Waals surface area (Å²) in [5.41, 5.74) is 5.23. The van der Waals surface area contributed by atoms with Crippen LogP contribution in [-0.4, -0.2) is 42.2 Å². The van der Waals surface area contributed by atoms with Crippen LogP contribution in [0.15, 0.2) is 71.6 Å². The number of hydrogen-bond donors (Lipinski definition) is 1. The predicted molar refractivity (Wildman–Crippen MR) is 135 cm³/mol. The minimum Gasteiger partial charge on any atom is -0.493 e. The maximum absolute atomic E-state index is 12.9. The number of amides is 2. The van der Waals surface area contributed by atoms with Gasteiger partial charge in [-0.2, -0.15) is 0 Å². The largest absolute Gasteiger partial charge is 0.493 e. The van der Waals surface area contributed by atoms with Gasteiger partial charge in [0.25, 0.3) is 5.91 Å². The smallest absolute Gasteiger partial charge is 0.252 e. The number of hydrogen-bond acceptors (Lipinski definition) is 4. The van der Waals surface area contributed by atoms with E-state index in [1.54, 1.807) is 0 Å². The molecule has 5 nitrogen and oxygen atoms in total. The molecule has 0 radical (unpaired) electrons. The fourth-order valence-corrected chi connectivity index (χ4v) is 5.39. The number of nitrogens with zero attached hydrogens (tertiary/aromatic N) is 1. The van der Waals surface area contributed by atoms with Crippen LogP contribution in [0.5, 0.6) is 5.75 Å². The lowest BCUT2D eigenvalue weighted by atomic mass is 10.0. The van der Waals surface area contributed by atoms with Gasteiger partial charge >= 0.3 is 0 Å². The second-order valence-electron chi connectivity index (χ2n) is 8.67. The number of fused-ring (bicyclic) bond motifs is 1. The van der Waals surface area contributed by atoms with Crippen molar-refractivity contribution in [3.05, 3.63) is 83.4 Å². The summed E-state index contributed by atoms with van der Waals surface area (Å²) >= 11 is 1.44. The maximum Gasteiger partial charge on any atom is 0.252 e. The Kier molecular flexibility index (Phi) is 6.86. The summed E-state index contributed by atoms with van der Waals surface area (Å²) in [5.74, 6) is 1.37. The molecule has 0 unspecified atom stereocenters. The Morgan fingerprint density at radius 1 is 0.941 bits per heavy atom. The van der Waals surface area contributed by atoms with E-state index < -0.39 is 0 Å². The summed E-state index contributed by atoms with van der Waals surface area (Å²) in [6.45, 7) is 2.90. The van der Waals surface area contributed by atoms with Gasteiger partial charge in [0, 0.05) is 31.0 Å². The lowest BCUT2D eigenvalue weighted by molar-refractivity contribution is -0.127. The van der Waals surface area contributed by atoms with E-state index in [1.807, 2.05) is 35.2 Å². The van der Waals surface area contributed by atoms with Crippen LogP contribution >= 0.6 is 11.8 Å². The van der Waals surface area contributed by atoms with Crippen LogP contribution in [0.3, 0.4) is 0 Å². The lowest BCUT2D eigenvalue weighted by Crippen LogP contribution is -2.29. The molecular weight excluding hydrogens is 444 g/mol. The average molecular weight is 473 g/mol. The molecule has 2 amide bonds. The second-order valence-corrected chi connectivity index (χ2v) is 9.69. The SMILES string of the molecule is O=C(NCc1ccc(-c2ccc3c(c2)CCO3)cc1)c1ccccc1SCC(=O)N1CCCC1. The van der Waals surface area contributed by atoms with E-state index in [9.17, 15) is 9.59 Å². The van der Waals surface area contributed by atoms with Crippen molar-refractivity contribution in [1.82, 2.24) is 10.2 Å². The van der Waals surface area contributed by atoms with Crippen LogP contribution in [0.1, 0.15) is 34.3 Å². The first-order valence-electron chi connectivity index (χ1n) is 11.8. The number of likely N-dealkylation sites (tertiary alicyclic amines) is 1. The van der Waals surface area contributed by atoms with Gasteiger partial charge in [0.15, 0.2) is 0 Å². The summed E-state index contributed by atoms with van der Waals surface area (Å²) in [5, 5.41) is 3.03. The van der Waals surface area contributed by atoms with Crippen LogP contribution in [0.25, 0.3) is 11.1 Å². The quantitative estimate of drug-likeness (QED) is 0.495. The molecule has 2 aliphatic heterocycles. The summed E-state index contributed by atoms with van der Waals surface area (Å²) < 4.78 is 5.60. The van der Waals surface area contributed by atoms with Crippen LogP contribution in [-0.2, 0) is 17.8 Å². The van der Waals surface area contributed by atoms with E-state index in [1.165, 1.54) is 22.9 Å². The molecule has 34 heavy (non-hydrogen) atoms. The van der Waals surface area contributed by atoms with Crippen molar-refractivity contribution in [2.45, 2.75) is 30.7 Å². The molecule has 0 aliphatic carbocycles. The van der Waals surface area contributed by atoms with Crippen LogP contribution in [0.2, 0.25) is 0 Å². The molecule has 1 fully saturated rings. The van der Waals surface area contributed by atoms with E-state index >= 15 is 0 Å². The molecule has 0 atom stereocenters. The Bertz CT molecular complexity index is 1190. The molecular formula is C28H28N2O3S. The van der Waals surface area contributed by atoms with Crippen LogP contribution in [0, 0.1) is 0 Å². The van der Waals surface area contributed by atoms with Gasteiger partial charge in [-0.3, -0.25) is 9.59 Å². The van der Waals surface area contributed by atoms with E-state index in [0.717, 1.165) is 60.7 Å². The first-order valence-corrected chi connectivity index (χ1v) is 12.8. The van der Waals surface area contributed by atoms with Gasteiger partial charge in [-0.05, 0) is 59.4 Å². The Morgan fingerprint density at radius 3 is 2.53 bits per heavy atom.